The van der Waals surface area contributed by atoms with E-state index < -0.39 is 5.92 Å². The zero-order valence-electron chi connectivity index (χ0n) is 15.1. The second kappa shape index (κ2) is 7.15. The van der Waals surface area contributed by atoms with E-state index in [1.54, 1.807) is 4.90 Å². The molecule has 4 rings (SSSR count). The molecule has 0 bridgehead atoms. The van der Waals surface area contributed by atoms with E-state index in [9.17, 15) is 9.59 Å². The Kier molecular flexibility index (Phi) is 4.72. The third-order valence-corrected chi connectivity index (χ3v) is 5.56. The first-order valence-electron chi connectivity index (χ1n) is 9.34. The van der Waals surface area contributed by atoms with Gasteiger partial charge in [0.15, 0.2) is 11.5 Å². The number of hydrogen-bond donors (Lipinski definition) is 1. The topological polar surface area (TPSA) is 71.1 Å². The Bertz CT molecular complexity index is 700. The van der Waals surface area contributed by atoms with Crippen molar-refractivity contribution in [1.29, 1.82) is 0 Å². The molecule has 2 amide bonds. The van der Waals surface area contributed by atoms with Crippen LogP contribution in [0.1, 0.15) is 19.3 Å². The Hall–Kier alpha value is -2.28. The maximum Gasteiger partial charge on any atom is 0.239 e. The number of rotatable bonds is 3. The van der Waals surface area contributed by atoms with Crippen LogP contribution in [0.3, 0.4) is 0 Å². The third kappa shape index (κ3) is 3.11. The summed E-state index contributed by atoms with van der Waals surface area (Å²) < 4.78 is 11.1. The molecule has 1 N–H and O–H groups in total. The van der Waals surface area contributed by atoms with Crippen LogP contribution in [0.15, 0.2) is 18.2 Å². The molecule has 0 radical (unpaired) electrons. The van der Waals surface area contributed by atoms with E-state index in [1.807, 2.05) is 30.1 Å². The molecule has 0 aromatic heterocycles. The van der Waals surface area contributed by atoms with Crippen LogP contribution < -0.4 is 19.7 Å². The second-order valence-electron chi connectivity index (χ2n) is 7.05. The first kappa shape index (κ1) is 17.1. The molecular formula is C19H25N3O4. The summed E-state index contributed by atoms with van der Waals surface area (Å²) in [6.07, 6.45) is 2.45. The summed E-state index contributed by atoms with van der Waals surface area (Å²) in [6, 6.07) is 5.98. The van der Waals surface area contributed by atoms with Crippen molar-refractivity contribution >= 4 is 17.5 Å². The fourth-order valence-corrected chi connectivity index (χ4v) is 3.97. The summed E-state index contributed by atoms with van der Waals surface area (Å²) in [6.45, 7) is 3.04. The normalized spacial score (nSPS) is 23.4. The standard InChI is InChI=1S/C19H25N3O4/c1-20-13-4-7-21(8-5-13)18(23)15-6-9-22(19(15)24)14-2-3-16-17(12-14)26-11-10-25-16/h2-3,12-13,15,20H,4-11H2,1H3. The number of carbonyl (C=O) groups excluding carboxylic acids is 2. The predicted molar refractivity (Wildman–Crippen MR) is 96.6 cm³/mol. The lowest BCUT2D eigenvalue weighted by molar-refractivity contribution is -0.140. The fraction of sp³-hybridized carbons (Fsp3) is 0.579. The van der Waals surface area contributed by atoms with Gasteiger partial charge in [0.25, 0.3) is 0 Å². The van der Waals surface area contributed by atoms with Gasteiger partial charge in [-0.15, -0.1) is 0 Å². The van der Waals surface area contributed by atoms with Crippen LogP contribution in [0.2, 0.25) is 0 Å². The third-order valence-electron chi connectivity index (χ3n) is 5.56. The number of hydrogen-bond acceptors (Lipinski definition) is 5. The number of fused-ring (bicyclic) bond motifs is 1. The van der Waals surface area contributed by atoms with E-state index in [0.29, 0.717) is 43.7 Å². The van der Waals surface area contributed by atoms with Crippen LogP contribution >= 0.6 is 0 Å². The van der Waals surface area contributed by atoms with Crippen LogP contribution in [0, 0.1) is 5.92 Å². The zero-order valence-corrected chi connectivity index (χ0v) is 15.1. The van der Waals surface area contributed by atoms with Gasteiger partial charge in [0.2, 0.25) is 11.8 Å². The van der Waals surface area contributed by atoms with E-state index >= 15 is 0 Å². The molecule has 0 saturated carbocycles. The summed E-state index contributed by atoms with van der Waals surface area (Å²) in [5.41, 5.74) is 0.767. The van der Waals surface area contributed by atoms with E-state index in [2.05, 4.69) is 5.32 Å². The molecule has 1 atom stereocenters. The summed E-state index contributed by atoms with van der Waals surface area (Å²) in [7, 11) is 1.95. The molecule has 1 aromatic carbocycles. The Balaban J connectivity index is 1.44. The van der Waals surface area contributed by atoms with Gasteiger partial charge in [0.05, 0.1) is 0 Å². The highest BCUT2D eigenvalue weighted by atomic mass is 16.6. The van der Waals surface area contributed by atoms with Gasteiger partial charge in [-0.25, -0.2) is 0 Å². The van der Waals surface area contributed by atoms with E-state index in [4.69, 9.17) is 9.47 Å². The molecule has 140 valence electrons. The molecule has 0 spiro atoms. The van der Waals surface area contributed by atoms with Gasteiger partial charge in [-0.1, -0.05) is 0 Å². The van der Waals surface area contributed by atoms with Crippen LogP contribution in [0.25, 0.3) is 0 Å². The quantitative estimate of drug-likeness (QED) is 0.816. The number of benzene rings is 1. The number of ether oxygens (including phenoxy) is 2. The van der Waals surface area contributed by atoms with Crippen LogP contribution in [0.5, 0.6) is 11.5 Å². The lowest BCUT2D eigenvalue weighted by Gasteiger charge is -2.33. The van der Waals surface area contributed by atoms with Crippen molar-refractivity contribution in [3.63, 3.8) is 0 Å². The van der Waals surface area contributed by atoms with Gasteiger partial charge in [-0.2, -0.15) is 0 Å². The minimum atomic E-state index is -0.561. The Morgan fingerprint density at radius 2 is 1.81 bits per heavy atom. The minimum absolute atomic E-state index is 0.0235. The van der Waals surface area contributed by atoms with Gasteiger partial charge in [-0.3, -0.25) is 9.59 Å². The summed E-state index contributed by atoms with van der Waals surface area (Å²) in [5.74, 6) is 0.665. The fourth-order valence-electron chi connectivity index (χ4n) is 3.97. The number of likely N-dealkylation sites (tertiary alicyclic amines) is 1. The number of piperidine rings is 1. The first-order valence-corrected chi connectivity index (χ1v) is 9.34. The van der Waals surface area contributed by atoms with Crippen molar-refractivity contribution in [3.8, 4) is 11.5 Å². The second-order valence-corrected chi connectivity index (χ2v) is 7.05. The van der Waals surface area contributed by atoms with Crippen molar-refractivity contribution in [2.24, 2.45) is 5.92 Å². The summed E-state index contributed by atoms with van der Waals surface area (Å²) in [4.78, 5) is 29.2. The van der Waals surface area contributed by atoms with Gasteiger partial charge in [-0.05, 0) is 38.4 Å². The van der Waals surface area contributed by atoms with Crippen LogP contribution in [-0.2, 0) is 9.59 Å². The van der Waals surface area contributed by atoms with E-state index in [1.165, 1.54) is 0 Å². The van der Waals surface area contributed by atoms with Crippen molar-refractivity contribution in [3.05, 3.63) is 18.2 Å². The molecule has 7 heteroatoms. The van der Waals surface area contributed by atoms with Crippen molar-refractivity contribution in [1.82, 2.24) is 10.2 Å². The van der Waals surface area contributed by atoms with Gasteiger partial charge < -0.3 is 24.6 Å². The van der Waals surface area contributed by atoms with Crippen LogP contribution in [0.4, 0.5) is 5.69 Å². The van der Waals surface area contributed by atoms with Crippen molar-refractivity contribution < 1.29 is 19.1 Å². The molecule has 3 heterocycles. The van der Waals surface area contributed by atoms with Crippen molar-refractivity contribution in [2.75, 3.05) is 44.8 Å². The lowest BCUT2D eigenvalue weighted by Crippen LogP contribution is -2.47. The molecule has 26 heavy (non-hydrogen) atoms. The molecule has 7 nitrogen and oxygen atoms in total. The molecule has 0 aliphatic carbocycles. The Labute approximate surface area is 153 Å². The number of carbonyl (C=O) groups is 2. The van der Waals surface area contributed by atoms with Crippen molar-refractivity contribution in [2.45, 2.75) is 25.3 Å². The number of amides is 2. The molecular weight excluding hydrogens is 334 g/mol. The first-order chi connectivity index (χ1) is 12.7. The summed E-state index contributed by atoms with van der Waals surface area (Å²) in [5, 5.41) is 3.26. The van der Waals surface area contributed by atoms with E-state index in [0.717, 1.165) is 31.6 Å². The van der Waals surface area contributed by atoms with E-state index in [-0.39, 0.29) is 11.8 Å². The molecule has 1 unspecified atom stereocenters. The highest BCUT2D eigenvalue weighted by Gasteiger charge is 2.40. The number of anilines is 1. The Morgan fingerprint density at radius 3 is 2.54 bits per heavy atom. The molecule has 3 aliphatic heterocycles. The highest BCUT2D eigenvalue weighted by molar-refractivity contribution is 6.09. The Morgan fingerprint density at radius 1 is 1.08 bits per heavy atom. The average Bonchev–Trinajstić information content (AvgIpc) is 3.08. The smallest absolute Gasteiger partial charge is 0.239 e. The largest absolute Gasteiger partial charge is 0.486 e. The SMILES string of the molecule is CNC1CCN(C(=O)C2CCN(c3ccc4c(c3)OCCO4)C2=O)CC1. The maximum atomic E-state index is 12.9. The number of nitrogens with one attached hydrogen (secondary N) is 1. The lowest BCUT2D eigenvalue weighted by atomic mass is 10.0. The highest BCUT2D eigenvalue weighted by Crippen LogP contribution is 2.36. The summed E-state index contributed by atoms with van der Waals surface area (Å²) >= 11 is 0. The number of nitrogens with zero attached hydrogens (tertiary/aromatic N) is 2. The molecule has 3 aliphatic rings. The van der Waals surface area contributed by atoms with Gasteiger partial charge in [0.1, 0.15) is 19.1 Å². The average molecular weight is 359 g/mol. The van der Waals surface area contributed by atoms with Gasteiger partial charge >= 0.3 is 0 Å². The minimum Gasteiger partial charge on any atom is -0.486 e. The molecule has 2 fully saturated rings. The predicted octanol–water partition coefficient (Wildman–Crippen LogP) is 1.02. The maximum absolute atomic E-state index is 12.9. The van der Waals surface area contributed by atoms with Gasteiger partial charge in [0, 0.05) is 37.4 Å². The van der Waals surface area contributed by atoms with Crippen LogP contribution in [-0.4, -0.2) is 62.7 Å². The molecule has 1 aromatic rings. The molecule has 2 saturated heterocycles. The monoisotopic (exact) mass is 359 g/mol. The zero-order chi connectivity index (χ0) is 18.1.